The highest BCUT2D eigenvalue weighted by molar-refractivity contribution is 6.04. The number of benzene rings is 7. The minimum absolute atomic E-state index is 0.0937. The van der Waals surface area contributed by atoms with Gasteiger partial charge in [-0.05, 0) is 119 Å². The van der Waals surface area contributed by atoms with E-state index < -0.39 is 34.1 Å². The molecule has 9 rings (SSSR count). The highest BCUT2D eigenvalue weighted by atomic mass is 19.1. The Kier molecular flexibility index (Phi) is 12.1. The van der Waals surface area contributed by atoms with Gasteiger partial charge in [-0.15, -0.1) is 0 Å². The Morgan fingerprint density at radius 1 is 0.615 bits per heavy atom. The number of hydrogen-bond acceptors (Lipinski definition) is 2. The van der Waals surface area contributed by atoms with Crippen molar-refractivity contribution in [2.45, 2.75) is 56.8 Å². The number of anilines is 1. The Labute approximate surface area is 379 Å². The fourth-order valence-corrected chi connectivity index (χ4v) is 10.4. The highest BCUT2D eigenvalue weighted by Crippen LogP contribution is 2.54. The largest absolute Gasteiger partial charge is 0.497 e. The molecule has 0 fully saturated rings. The fourth-order valence-electron chi connectivity index (χ4n) is 10.4. The number of nitrogens with zero attached hydrogens (tertiary/aromatic N) is 2. The van der Waals surface area contributed by atoms with Crippen molar-refractivity contribution in [1.29, 1.82) is 0 Å². The summed E-state index contributed by atoms with van der Waals surface area (Å²) in [7, 11) is 3.80. The van der Waals surface area contributed by atoms with Crippen molar-refractivity contribution in [3.63, 3.8) is 0 Å². The molecule has 0 amide bonds. The van der Waals surface area contributed by atoms with E-state index in [-0.39, 0.29) is 12.8 Å². The number of rotatable bonds is 14. The molecule has 0 aromatic heterocycles. The molecule has 2 aliphatic rings. The average molecular weight is 870 g/mol. The van der Waals surface area contributed by atoms with E-state index in [9.17, 15) is 8.78 Å². The predicted molar refractivity (Wildman–Crippen MR) is 256 cm³/mol. The first-order valence-electron chi connectivity index (χ1n) is 22.4. The number of para-hydroxylation sites is 1. The van der Waals surface area contributed by atoms with E-state index in [1.165, 1.54) is 35.4 Å². The van der Waals surface area contributed by atoms with Crippen LogP contribution >= 0.6 is 0 Å². The summed E-state index contributed by atoms with van der Waals surface area (Å²) in [5.41, 5.74) is 7.56. The summed E-state index contributed by atoms with van der Waals surface area (Å²) >= 11 is 0. The van der Waals surface area contributed by atoms with Crippen molar-refractivity contribution >= 4 is 27.9 Å². The first-order valence-corrected chi connectivity index (χ1v) is 22.4. The smallest absolute Gasteiger partial charge is 0.209 e. The number of halogens is 4. The van der Waals surface area contributed by atoms with Gasteiger partial charge in [0.05, 0.1) is 12.5 Å². The molecule has 1 unspecified atom stereocenters. The SMILES string of the molecule is COc1ccc(CC2(Cc3ccccc3)C(C=CC=C3N(CCC(C)C)c4cc5ccccc5cc4C3(Cc3ccc(F)cc3F)Cc3ccc(F)cc3F)=[N+](C)c3ccccc32)cc1. The second kappa shape index (κ2) is 18.0. The predicted octanol–water partition coefficient (Wildman–Crippen LogP) is 13.6. The van der Waals surface area contributed by atoms with Crippen LogP contribution in [0.1, 0.15) is 53.6 Å². The van der Waals surface area contributed by atoms with Crippen LogP contribution in [0.3, 0.4) is 0 Å². The summed E-state index contributed by atoms with van der Waals surface area (Å²) < 4.78 is 69.3. The lowest BCUT2D eigenvalue weighted by atomic mass is 9.68. The van der Waals surface area contributed by atoms with Gasteiger partial charge in [-0.3, -0.25) is 0 Å². The van der Waals surface area contributed by atoms with Gasteiger partial charge < -0.3 is 9.64 Å². The van der Waals surface area contributed by atoms with E-state index in [2.05, 4.69) is 134 Å². The molecule has 2 heterocycles. The first kappa shape index (κ1) is 43.5. The molecule has 0 bridgehead atoms. The van der Waals surface area contributed by atoms with E-state index in [1.54, 1.807) is 7.11 Å². The number of ether oxygens (including phenoxy) is 1. The van der Waals surface area contributed by atoms with E-state index in [0.717, 1.165) is 75.4 Å². The third-order valence-electron chi connectivity index (χ3n) is 13.6. The number of methoxy groups -OCH3 is 1. The molecular formula is C58H53F4N2O+. The lowest BCUT2D eigenvalue weighted by Gasteiger charge is -2.35. The van der Waals surface area contributed by atoms with Gasteiger partial charge in [0.25, 0.3) is 0 Å². The van der Waals surface area contributed by atoms with Crippen LogP contribution in [0, 0.1) is 29.2 Å². The first-order chi connectivity index (χ1) is 31.5. The fraction of sp³-hybridized carbons (Fsp3) is 0.224. The van der Waals surface area contributed by atoms with Crippen LogP contribution in [0.5, 0.6) is 5.75 Å². The standard InChI is InChI=1S/C58H53F4N2O/c1-39(2)29-30-64-54-32-43-16-9-8-15-42(43)31-50(54)58(37-44-23-25-46(59)33-51(44)61,38-45-24-26-47(60)34-52(45)62)56(64)20-12-19-55-57(35-40-13-6-5-7-14-40,36-41-21-27-48(65-4)28-22-41)49-17-10-11-18-53(49)63(55)3/h5-28,31-34,39H,29-30,35-38H2,1-4H3/q+1. The molecule has 0 radical (unpaired) electrons. The van der Waals surface area contributed by atoms with Crippen LogP contribution in [0.2, 0.25) is 0 Å². The maximum Gasteiger partial charge on any atom is 0.209 e. The second-order valence-electron chi connectivity index (χ2n) is 18.1. The van der Waals surface area contributed by atoms with E-state index in [0.29, 0.717) is 30.0 Å². The van der Waals surface area contributed by atoms with Gasteiger partial charge >= 0.3 is 0 Å². The van der Waals surface area contributed by atoms with Gasteiger partial charge in [-0.2, -0.15) is 4.58 Å². The molecule has 0 spiro atoms. The monoisotopic (exact) mass is 869 g/mol. The summed E-state index contributed by atoms with van der Waals surface area (Å²) in [5.74, 6) is -1.55. The van der Waals surface area contributed by atoms with Crippen molar-refractivity contribution < 1.29 is 26.9 Å². The molecule has 0 saturated heterocycles. The molecule has 7 aromatic carbocycles. The lowest BCUT2D eigenvalue weighted by Crippen LogP contribution is -2.39. The zero-order valence-electron chi connectivity index (χ0n) is 37.3. The topological polar surface area (TPSA) is 15.5 Å². The van der Waals surface area contributed by atoms with Crippen LogP contribution in [0.15, 0.2) is 176 Å². The third-order valence-corrected chi connectivity index (χ3v) is 13.6. The molecule has 3 nitrogen and oxygen atoms in total. The maximum absolute atomic E-state index is 16.1. The Morgan fingerprint density at radius 3 is 1.82 bits per heavy atom. The molecule has 65 heavy (non-hydrogen) atoms. The van der Waals surface area contributed by atoms with Crippen molar-refractivity contribution in [2.24, 2.45) is 5.92 Å². The third kappa shape index (κ3) is 8.41. The summed E-state index contributed by atoms with van der Waals surface area (Å²) in [4.78, 5) is 2.32. The van der Waals surface area contributed by atoms with Gasteiger partial charge in [0.1, 0.15) is 36.1 Å². The Morgan fingerprint density at radius 2 is 1.20 bits per heavy atom. The van der Waals surface area contributed by atoms with Gasteiger partial charge in [0, 0.05) is 53.2 Å². The maximum atomic E-state index is 16.1. The summed E-state index contributed by atoms with van der Waals surface area (Å²) in [5, 5.41) is 2.03. The van der Waals surface area contributed by atoms with E-state index in [1.807, 2.05) is 30.3 Å². The second-order valence-corrected chi connectivity index (χ2v) is 18.1. The van der Waals surface area contributed by atoms with Crippen LogP contribution in [-0.4, -0.2) is 31.0 Å². The summed E-state index contributed by atoms with van der Waals surface area (Å²) in [6.07, 6.45) is 8.90. The van der Waals surface area contributed by atoms with Crippen molar-refractivity contribution in [1.82, 2.24) is 0 Å². The van der Waals surface area contributed by atoms with Crippen LogP contribution < -0.4 is 9.64 Å². The number of hydrogen-bond donors (Lipinski definition) is 0. The summed E-state index contributed by atoms with van der Waals surface area (Å²) in [6.45, 7) is 5.02. The van der Waals surface area contributed by atoms with Crippen molar-refractivity contribution in [3.05, 3.63) is 232 Å². The highest BCUT2D eigenvalue weighted by Gasteiger charge is 2.51. The molecular weight excluding hydrogens is 817 g/mol. The van der Waals surface area contributed by atoms with E-state index in [4.69, 9.17) is 4.74 Å². The Bertz CT molecular complexity index is 2920. The quantitative estimate of drug-likeness (QED) is 0.0799. The zero-order chi connectivity index (χ0) is 45.3. The Hall–Kier alpha value is -6.73. The Balaban J connectivity index is 1.28. The minimum Gasteiger partial charge on any atom is -0.497 e. The molecule has 0 saturated carbocycles. The van der Waals surface area contributed by atoms with E-state index >= 15 is 8.78 Å². The van der Waals surface area contributed by atoms with Crippen LogP contribution in [0.25, 0.3) is 10.8 Å². The van der Waals surface area contributed by atoms with Gasteiger partial charge in [0.2, 0.25) is 5.69 Å². The number of allylic oxidation sites excluding steroid dienone is 4. The normalized spacial score (nSPS) is 17.2. The number of fused-ring (bicyclic) bond motifs is 3. The molecule has 2 aliphatic heterocycles. The lowest BCUT2D eigenvalue weighted by molar-refractivity contribution is -0.401. The van der Waals surface area contributed by atoms with Crippen LogP contribution in [0.4, 0.5) is 28.9 Å². The minimum atomic E-state index is -1.07. The van der Waals surface area contributed by atoms with Crippen molar-refractivity contribution in [3.8, 4) is 5.75 Å². The van der Waals surface area contributed by atoms with Crippen LogP contribution in [-0.2, 0) is 36.5 Å². The summed E-state index contributed by atoms with van der Waals surface area (Å²) in [6, 6.07) is 47.3. The molecule has 7 heteroatoms. The molecule has 0 N–H and O–H groups in total. The van der Waals surface area contributed by atoms with Crippen molar-refractivity contribution in [2.75, 3.05) is 25.6 Å². The van der Waals surface area contributed by atoms with Gasteiger partial charge in [0.15, 0.2) is 5.71 Å². The molecule has 0 aliphatic carbocycles. The molecule has 7 aromatic rings. The average Bonchev–Trinajstić information content (AvgIpc) is 3.67. The zero-order valence-corrected chi connectivity index (χ0v) is 37.3. The molecule has 1 atom stereocenters. The van der Waals surface area contributed by atoms with Gasteiger partial charge in [-0.25, -0.2) is 17.6 Å². The molecule has 328 valence electrons. The van der Waals surface area contributed by atoms with Gasteiger partial charge in [-0.1, -0.05) is 117 Å².